The molecule has 0 saturated carbocycles. The number of aryl methyl sites for hydroxylation is 1. The number of ether oxygens (including phenoxy) is 1. The van der Waals surface area contributed by atoms with E-state index in [4.69, 9.17) is 4.74 Å². The molecule has 0 unspecified atom stereocenters. The summed E-state index contributed by atoms with van der Waals surface area (Å²) in [6.45, 7) is 2.32. The molecule has 0 saturated heterocycles. The van der Waals surface area contributed by atoms with Crippen molar-refractivity contribution < 1.29 is 9.48 Å². The van der Waals surface area contributed by atoms with Gasteiger partial charge in [0.2, 0.25) is 5.88 Å². The lowest BCUT2D eigenvalue weighted by molar-refractivity contribution is -0.469. The predicted octanol–water partition coefficient (Wildman–Crippen LogP) is 3.68. The topological polar surface area (TPSA) is 48.2 Å². The van der Waals surface area contributed by atoms with Crippen molar-refractivity contribution in [2.45, 2.75) is 13.5 Å². The third-order valence-electron chi connectivity index (χ3n) is 3.62. The number of hydrogen-bond acceptors (Lipinski definition) is 3. The van der Waals surface area contributed by atoms with E-state index < -0.39 is 0 Å². The fraction of sp³-hybridized carbons (Fsp3) is 0.158. The van der Waals surface area contributed by atoms with Crippen molar-refractivity contribution in [2.75, 3.05) is 7.11 Å². The van der Waals surface area contributed by atoms with E-state index in [9.17, 15) is 5.21 Å². The van der Waals surface area contributed by atoms with E-state index in [2.05, 4.69) is 4.98 Å². The van der Waals surface area contributed by atoms with Gasteiger partial charge in [0.05, 0.1) is 12.6 Å². The van der Waals surface area contributed by atoms with E-state index in [1.807, 2.05) is 61.5 Å². The summed E-state index contributed by atoms with van der Waals surface area (Å²) < 4.78 is 6.23. The number of pyridine rings is 1. The normalized spacial score (nSPS) is 11.7. The van der Waals surface area contributed by atoms with Crippen LogP contribution in [0.15, 0.2) is 54.6 Å². The van der Waals surface area contributed by atoms with Crippen LogP contribution in [-0.2, 0) is 6.54 Å². The van der Waals surface area contributed by atoms with Gasteiger partial charge >= 0.3 is 0 Å². The molecule has 0 aliphatic rings. The number of hydroxylamine groups is 1. The minimum absolute atomic E-state index is 0.288. The summed E-state index contributed by atoms with van der Waals surface area (Å²) in [5.74, 6) is 0.454. The van der Waals surface area contributed by atoms with Gasteiger partial charge in [0.1, 0.15) is 5.56 Å². The molecule has 1 aromatic heterocycles. The monoisotopic (exact) mass is 306 g/mol. The first-order valence-corrected chi connectivity index (χ1v) is 7.43. The maximum atomic E-state index is 12.2. The Balaban J connectivity index is 1.98. The molecule has 0 bridgehead atoms. The molecular formula is C19H18N2O2. The lowest BCUT2D eigenvalue weighted by atomic mass is 10.1. The van der Waals surface area contributed by atoms with Gasteiger partial charge in [-0.15, -0.1) is 0 Å². The zero-order valence-electron chi connectivity index (χ0n) is 13.2. The van der Waals surface area contributed by atoms with Crippen LogP contribution in [0.2, 0.25) is 0 Å². The first-order chi connectivity index (χ1) is 11.2. The van der Waals surface area contributed by atoms with E-state index in [0.29, 0.717) is 11.4 Å². The number of nitrogens with zero attached hydrogens (tertiary/aromatic N) is 2. The Bertz CT molecular complexity index is 858. The summed E-state index contributed by atoms with van der Waals surface area (Å²) in [5, 5.41) is 13.2. The average molecular weight is 306 g/mol. The minimum atomic E-state index is 0.288. The SMILES string of the molecule is COc1nc2ccc(C)cc2cc1/C=[N+](\[O-])Cc1ccccc1. The summed E-state index contributed by atoms with van der Waals surface area (Å²) in [4.78, 5) is 4.48. The van der Waals surface area contributed by atoms with E-state index in [-0.39, 0.29) is 6.54 Å². The van der Waals surface area contributed by atoms with Crippen molar-refractivity contribution in [1.29, 1.82) is 0 Å². The Morgan fingerprint density at radius 3 is 2.65 bits per heavy atom. The summed E-state index contributed by atoms with van der Waals surface area (Å²) in [7, 11) is 1.56. The molecule has 0 aliphatic heterocycles. The third kappa shape index (κ3) is 3.48. The minimum Gasteiger partial charge on any atom is -0.624 e. The molecule has 1 heterocycles. The third-order valence-corrected chi connectivity index (χ3v) is 3.62. The first-order valence-electron chi connectivity index (χ1n) is 7.43. The summed E-state index contributed by atoms with van der Waals surface area (Å²) in [5.41, 5.74) is 3.64. The fourth-order valence-electron chi connectivity index (χ4n) is 2.51. The van der Waals surface area contributed by atoms with Crippen molar-refractivity contribution in [3.8, 4) is 5.88 Å². The van der Waals surface area contributed by atoms with E-state index in [0.717, 1.165) is 26.8 Å². The van der Waals surface area contributed by atoms with E-state index >= 15 is 0 Å². The average Bonchev–Trinajstić information content (AvgIpc) is 2.55. The number of fused-ring (bicyclic) bond motifs is 1. The van der Waals surface area contributed by atoms with Crippen LogP contribution in [-0.4, -0.2) is 23.0 Å². The molecule has 0 spiro atoms. The molecule has 0 radical (unpaired) electrons. The standard InChI is InChI=1S/C19H18N2O2/c1-14-8-9-18-16(10-14)11-17(19(20-18)23-2)13-21(22)12-15-6-4-3-5-7-15/h3-11,13H,12H2,1-2H3/b21-13-. The lowest BCUT2D eigenvalue weighted by Crippen LogP contribution is -2.07. The van der Waals surface area contributed by atoms with Crippen LogP contribution in [0.4, 0.5) is 0 Å². The van der Waals surface area contributed by atoms with Gasteiger partial charge < -0.3 is 9.94 Å². The highest BCUT2D eigenvalue weighted by Gasteiger charge is 2.09. The van der Waals surface area contributed by atoms with Gasteiger partial charge in [0.15, 0.2) is 12.8 Å². The highest BCUT2D eigenvalue weighted by atomic mass is 16.5. The fourth-order valence-corrected chi connectivity index (χ4v) is 2.51. The number of hydrogen-bond donors (Lipinski definition) is 0. The van der Waals surface area contributed by atoms with Gasteiger partial charge in [-0.2, -0.15) is 0 Å². The number of benzene rings is 2. The second kappa shape index (κ2) is 6.48. The maximum Gasteiger partial charge on any atom is 0.227 e. The van der Waals surface area contributed by atoms with Gasteiger partial charge in [-0.25, -0.2) is 9.72 Å². The Hall–Kier alpha value is -2.88. The Labute approximate surface area is 135 Å². The smallest absolute Gasteiger partial charge is 0.227 e. The van der Waals surface area contributed by atoms with Crippen molar-refractivity contribution in [2.24, 2.45) is 0 Å². The summed E-state index contributed by atoms with van der Waals surface area (Å²) in [6, 6.07) is 17.6. The van der Waals surface area contributed by atoms with Crippen LogP contribution < -0.4 is 4.74 Å². The van der Waals surface area contributed by atoms with Crippen LogP contribution in [0, 0.1) is 12.1 Å². The van der Waals surface area contributed by atoms with Gasteiger partial charge in [-0.05, 0) is 25.1 Å². The molecule has 2 aromatic carbocycles. The van der Waals surface area contributed by atoms with Crippen LogP contribution in [0.1, 0.15) is 16.7 Å². The summed E-state index contributed by atoms with van der Waals surface area (Å²) in [6.07, 6.45) is 1.53. The number of aromatic nitrogens is 1. The molecule has 0 fully saturated rings. The molecule has 4 nitrogen and oxygen atoms in total. The van der Waals surface area contributed by atoms with Gasteiger partial charge in [0, 0.05) is 10.9 Å². The number of rotatable bonds is 4. The van der Waals surface area contributed by atoms with E-state index in [1.165, 1.54) is 6.21 Å². The molecule has 0 N–H and O–H groups in total. The van der Waals surface area contributed by atoms with Crippen LogP contribution in [0.5, 0.6) is 5.88 Å². The molecule has 0 atom stereocenters. The second-order valence-electron chi connectivity index (χ2n) is 5.47. The molecule has 3 rings (SSSR count). The summed E-state index contributed by atoms with van der Waals surface area (Å²) >= 11 is 0. The van der Waals surface area contributed by atoms with Crippen LogP contribution in [0.3, 0.4) is 0 Å². The Morgan fingerprint density at radius 1 is 1.13 bits per heavy atom. The molecule has 0 aliphatic carbocycles. The van der Waals surface area contributed by atoms with Gasteiger partial charge in [0.25, 0.3) is 0 Å². The van der Waals surface area contributed by atoms with Gasteiger partial charge in [-0.1, -0.05) is 42.0 Å². The molecule has 0 amide bonds. The first kappa shape index (κ1) is 15.0. The van der Waals surface area contributed by atoms with Crippen molar-refractivity contribution in [3.63, 3.8) is 0 Å². The Kier molecular flexibility index (Phi) is 4.24. The van der Waals surface area contributed by atoms with Crippen molar-refractivity contribution in [1.82, 2.24) is 4.98 Å². The Morgan fingerprint density at radius 2 is 1.91 bits per heavy atom. The van der Waals surface area contributed by atoms with E-state index in [1.54, 1.807) is 7.11 Å². The molecular weight excluding hydrogens is 288 g/mol. The maximum absolute atomic E-state index is 12.2. The second-order valence-corrected chi connectivity index (χ2v) is 5.47. The largest absolute Gasteiger partial charge is 0.624 e. The molecule has 23 heavy (non-hydrogen) atoms. The molecule has 3 aromatic rings. The van der Waals surface area contributed by atoms with Gasteiger partial charge in [-0.3, -0.25) is 0 Å². The van der Waals surface area contributed by atoms with Crippen molar-refractivity contribution >= 4 is 17.1 Å². The van der Waals surface area contributed by atoms with Crippen LogP contribution >= 0.6 is 0 Å². The molecule has 116 valence electrons. The predicted molar refractivity (Wildman–Crippen MR) is 92.0 cm³/mol. The lowest BCUT2D eigenvalue weighted by Gasteiger charge is -2.08. The van der Waals surface area contributed by atoms with Crippen molar-refractivity contribution in [3.05, 3.63) is 76.5 Å². The molecule has 4 heteroatoms. The highest BCUT2D eigenvalue weighted by Crippen LogP contribution is 2.22. The highest BCUT2D eigenvalue weighted by molar-refractivity contribution is 5.89. The van der Waals surface area contributed by atoms with Crippen LogP contribution in [0.25, 0.3) is 10.9 Å². The zero-order valence-corrected chi connectivity index (χ0v) is 13.2. The number of methoxy groups -OCH3 is 1. The quantitative estimate of drug-likeness (QED) is 0.320. The zero-order chi connectivity index (χ0) is 16.2.